The highest BCUT2D eigenvalue weighted by molar-refractivity contribution is 5.75. The molecule has 0 saturated heterocycles. The third kappa shape index (κ3) is 3.18. The summed E-state index contributed by atoms with van der Waals surface area (Å²) in [5, 5.41) is 12.5. The van der Waals surface area contributed by atoms with Crippen LogP contribution in [-0.4, -0.2) is 21.2 Å². The van der Waals surface area contributed by atoms with Gasteiger partial charge in [-0.1, -0.05) is 36.4 Å². The van der Waals surface area contributed by atoms with E-state index in [9.17, 15) is 0 Å². The van der Waals surface area contributed by atoms with E-state index < -0.39 is 0 Å². The minimum absolute atomic E-state index is 0.102. The third-order valence-electron chi connectivity index (χ3n) is 3.96. The Morgan fingerprint density at radius 3 is 2.50 bits per heavy atom. The lowest BCUT2D eigenvalue weighted by Gasteiger charge is -2.06. The number of rotatable bonds is 6. The number of imidazole rings is 1. The van der Waals surface area contributed by atoms with Gasteiger partial charge in [0.1, 0.15) is 5.82 Å². The van der Waals surface area contributed by atoms with Crippen molar-refractivity contribution >= 4 is 11.0 Å². The number of hydrogen-bond donors (Lipinski definition) is 2. The molecule has 22 heavy (non-hydrogen) atoms. The summed E-state index contributed by atoms with van der Waals surface area (Å²) in [4.78, 5) is 4.65. The van der Waals surface area contributed by atoms with E-state index in [0.29, 0.717) is 0 Å². The second kappa shape index (κ2) is 6.73. The number of nitrogens with one attached hydrogen (secondary N) is 1. The van der Waals surface area contributed by atoms with Crippen LogP contribution in [0.2, 0.25) is 0 Å². The summed E-state index contributed by atoms with van der Waals surface area (Å²) in [6.45, 7) is 1.77. The van der Waals surface area contributed by atoms with Crippen LogP contribution in [-0.2, 0) is 26.6 Å². The molecule has 0 amide bonds. The van der Waals surface area contributed by atoms with Crippen molar-refractivity contribution in [3.8, 4) is 0 Å². The fraction of sp³-hybridized carbons (Fsp3) is 0.278. The molecule has 0 aliphatic heterocycles. The van der Waals surface area contributed by atoms with Crippen molar-refractivity contribution in [3.05, 3.63) is 65.5 Å². The quantitative estimate of drug-likeness (QED) is 0.687. The molecule has 3 aromatic rings. The fourth-order valence-corrected chi connectivity index (χ4v) is 2.60. The molecule has 0 bridgehead atoms. The molecule has 0 spiro atoms. The average Bonchev–Trinajstić information content (AvgIpc) is 2.89. The van der Waals surface area contributed by atoms with Crippen LogP contribution in [0.4, 0.5) is 0 Å². The first-order chi connectivity index (χ1) is 10.8. The Bertz CT molecular complexity index is 747. The minimum Gasteiger partial charge on any atom is -0.392 e. The molecule has 0 aliphatic carbocycles. The highest BCUT2D eigenvalue weighted by atomic mass is 16.3. The maximum Gasteiger partial charge on any atom is 0.123 e. The zero-order valence-electron chi connectivity index (χ0n) is 12.8. The van der Waals surface area contributed by atoms with E-state index in [1.165, 1.54) is 11.1 Å². The van der Waals surface area contributed by atoms with E-state index in [-0.39, 0.29) is 6.61 Å². The van der Waals surface area contributed by atoms with Gasteiger partial charge in [0.25, 0.3) is 0 Å². The van der Waals surface area contributed by atoms with Gasteiger partial charge in [0, 0.05) is 7.05 Å². The zero-order chi connectivity index (χ0) is 15.4. The summed E-state index contributed by atoms with van der Waals surface area (Å²) in [7, 11) is 2.06. The number of fused-ring (bicyclic) bond motifs is 1. The first-order valence-electron chi connectivity index (χ1n) is 7.57. The molecular formula is C18H21N3O. The molecule has 1 heterocycles. The highest BCUT2D eigenvalue weighted by Crippen LogP contribution is 2.13. The second-order valence-electron chi connectivity index (χ2n) is 5.48. The molecule has 0 aliphatic rings. The van der Waals surface area contributed by atoms with E-state index in [1.54, 1.807) is 0 Å². The molecule has 4 nitrogen and oxygen atoms in total. The Kier molecular flexibility index (Phi) is 4.51. The largest absolute Gasteiger partial charge is 0.392 e. The molecule has 0 atom stereocenters. The van der Waals surface area contributed by atoms with Crippen LogP contribution >= 0.6 is 0 Å². The predicted molar refractivity (Wildman–Crippen MR) is 88.5 cm³/mol. The van der Waals surface area contributed by atoms with E-state index in [4.69, 9.17) is 5.11 Å². The topological polar surface area (TPSA) is 50.1 Å². The Balaban J connectivity index is 1.54. The molecule has 4 heteroatoms. The zero-order valence-corrected chi connectivity index (χ0v) is 12.8. The Labute approximate surface area is 130 Å². The maximum absolute atomic E-state index is 9.03. The lowest BCUT2D eigenvalue weighted by molar-refractivity contribution is 0.282. The number of aliphatic hydroxyl groups excluding tert-OH is 1. The van der Waals surface area contributed by atoms with Gasteiger partial charge in [-0.15, -0.1) is 0 Å². The fourth-order valence-electron chi connectivity index (χ4n) is 2.60. The Morgan fingerprint density at radius 1 is 1.05 bits per heavy atom. The van der Waals surface area contributed by atoms with Crippen molar-refractivity contribution in [3.63, 3.8) is 0 Å². The number of aliphatic hydroxyl groups is 1. The SMILES string of the molecule is Cn1c(CNCCc2ccc(CO)cc2)nc2ccccc21. The predicted octanol–water partition coefficient (Wildman–Crippen LogP) is 2.40. The average molecular weight is 295 g/mol. The monoisotopic (exact) mass is 295 g/mol. The summed E-state index contributed by atoms with van der Waals surface area (Å²) in [6.07, 6.45) is 0.968. The summed E-state index contributed by atoms with van der Waals surface area (Å²) in [6, 6.07) is 16.3. The summed E-state index contributed by atoms with van der Waals surface area (Å²) in [5.41, 5.74) is 4.44. The smallest absolute Gasteiger partial charge is 0.123 e. The molecule has 0 saturated carbocycles. The van der Waals surface area contributed by atoms with Gasteiger partial charge in [-0.3, -0.25) is 0 Å². The Morgan fingerprint density at radius 2 is 1.77 bits per heavy atom. The normalized spacial score (nSPS) is 11.2. The van der Waals surface area contributed by atoms with Crippen molar-refractivity contribution < 1.29 is 5.11 Å². The number of aromatic nitrogens is 2. The van der Waals surface area contributed by atoms with Crippen LogP contribution in [0, 0.1) is 0 Å². The van der Waals surface area contributed by atoms with Gasteiger partial charge in [-0.05, 0) is 36.2 Å². The molecule has 0 unspecified atom stereocenters. The number of aryl methyl sites for hydroxylation is 1. The standard InChI is InChI=1S/C18H21N3O/c1-21-17-5-3-2-4-16(17)20-18(21)12-19-11-10-14-6-8-15(13-22)9-7-14/h2-9,19,22H,10-13H2,1H3. The summed E-state index contributed by atoms with van der Waals surface area (Å²) in [5.74, 6) is 1.05. The summed E-state index contributed by atoms with van der Waals surface area (Å²) >= 11 is 0. The van der Waals surface area contributed by atoms with Gasteiger partial charge in [0.15, 0.2) is 0 Å². The summed E-state index contributed by atoms with van der Waals surface area (Å²) < 4.78 is 2.14. The molecule has 3 rings (SSSR count). The molecule has 114 valence electrons. The van der Waals surface area contributed by atoms with Crippen LogP contribution in [0.1, 0.15) is 17.0 Å². The van der Waals surface area contributed by atoms with E-state index >= 15 is 0 Å². The number of para-hydroxylation sites is 2. The maximum atomic E-state index is 9.03. The van der Waals surface area contributed by atoms with Gasteiger partial charge in [-0.2, -0.15) is 0 Å². The molecule has 1 aromatic heterocycles. The molecular weight excluding hydrogens is 274 g/mol. The molecule has 2 N–H and O–H groups in total. The van der Waals surface area contributed by atoms with Gasteiger partial charge in [0.05, 0.1) is 24.2 Å². The van der Waals surface area contributed by atoms with Crippen LogP contribution in [0.3, 0.4) is 0 Å². The number of benzene rings is 2. The number of nitrogens with zero attached hydrogens (tertiary/aromatic N) is 2. The second-order valence-corrected chi connectivity index (χ2v) is 5.48. The van der Waals surface area contributed by atoms with E-state index in [2.05, 4.69) is 40.1 Å². The van der Waals surface area contributed by atoms with Crippen molar-refractivity contribution in [1.82, 2.24) is 14.9 Å². The molecule has 0 radical (unpaired) electrons. The number of hydrogen-bond acceptors (Lipinski definition) is 3. The lowest BCUT2D eigenvalue weighted by Crippen LogP contribution is -2.19. The third-order valence-corrected chi connectivity index (χ3v) is 3.96. The van der Waals surface area contributed by atoms with Gasteiger partial charge in [0.2, 0.25) is 0 Å². The van der Waals surface area contributed by atoms with Crippen LogP contribution in [0.5, 0.6) is 0 Å². The minimum atomic E-state index is 0.102. The van der Waals surface area contributed by atoms with Crippen molar-refractivity contribution in [1.29, 1.82) is 0 Å². The van der Waals surface area contributed by atoms with Gasteiger partial charge < -0.3 is 15.0 Å². The first-order valence-corrected chi connectivity index (χ1v) is 7.57. The molecule has 2 aromatic carbocycles. The highest BCUT2D eigenvalue weighted by Gasteiger charge is 2.06. The van der Waals surface area contributed by atoms with E-state index in [0.717, 1.165) is 36.4 Å². The van der Waals surface area contributed by atoms with Crippen LogP contribution < -0.4 is 5.32 Å². The van der Waals surface area contributed by atoms with Crippen LogP contribution in [0.15, 0.2) is 48.5 Å². The lowest BCUT2D eigenvalue weighted by atomic mass is 10.1. The van der Waals surface area contributed by atoms with Gasteiger partial charge >= 0.3 is 0 Å². The van der Waals surface area contributed by atoms with Crippen LogP contribution in [0.25, 0.3) is 11.0 Å². The van der Waals surface area contributed by atoms with Crippen molar-refractivity contribution in [2.45, 2.75) is 19.6 Å². The van der Waals surface area contributed by atoms with Crippen molar-refractivity contribution in [2.24, 2.45) is 7.05 Å². The van der Waals surface area contributed by atoms with Gasteiger partial charge in [-0.25, -0.2) is 4.98 Å². The molecule has 0 fully saturated rings. The Hall–Kier alpha value is -2.17. The van der Waals surface area contributed by atoms with Crippen molar-refractivity contribution in [2.75, 3.05) is 6.54 Å². The first kappa shape index (κ1) is 14.8. The van der Waals surface area contributed by atoms with E-state index in [1.807, 2.05) is 30.3 Å².